The zero-order chi connectivity index (χ0) is 13.1. The number of benzene rings is 1. The highest BCUT2D eigenvalue weighted by Crippen LogP contribution is 2.36. The second-order valence-electron chi connectivity index (χ2n) is 3.58. The summed E-state index contributed by atoms with van der Waals surface area (Å²) in [6.45, 7) is 1.90. The van der Waals surface area contributed by atoms with Crippen molar-refractivity contribution in [2.24, 2.45) is 0 Å². The topological polar surface area (TPSA) is 57.1 Å². The van der Waals surface area contributed by atoms with Gasteiger partial charge in [0.1, 0.15) is 11.5 Å². The van der Waals surface area contributed by atoms with Gasteiger partial charge in [-0.05, 0) is 19.1 Å². The van der Waals surface area contributed by atoms with Gasteiger partial charge in [0.2, 0.25) is 0 Å². The van der Waals surface area contributed by atoms with E-state index in [1.165, 1.54) is 6.20 Å². The molecule has 5 nitrogen and oxygen atoms in total. The first-order chi connectivity index (χ1) is 8.67. The van der Waals surface area contributed by atoms with E-state index in [4.69, 9.17) is 21.1 Å². The summed E-state index contributed by atoms with van der Waals surface area (Å²) >= 11 is 5.81. The van der Waals surface area contributed by atoms with E-state index in [2.05, 4.69) is 15.2 Å². The minimum atomic E-state index is 0.288. The van der Waals surface area contributed by atoms with Crippen LogP contribution in [-0.4, -0.2) is 29.4 Å². The largest absolute Gasteiger partial charge is 0.496 e. The van der Waals surface area contributed by atoms with Crippen molar-refractivity contribution < 1.29 is 9.47 Å². The number of methoxy groups -OCH3 is 2. The lowest BCUT2D eigenvalue weighted by atomic mass is 10.1. The van der Waals surface area contributed by atoms with Gasteiger partial charge < -0.3 is 9.47 Å². The number of hydrogen-bond donors (Lipinski definition) is 0. The summed E-state index contributed by atoms with van der Waals surface area (Å²) < 4.78 is 10.6. The molecule has 0 amide bonds. The van der Waals surface area contributed by atoms with Crippen LogP contribution in [0.15, 0.2) is 18.3 Å². The predicted molar refractivity (Wildman–Crippen MR) is 68.1 cm³/mol. The molecule has 0 saturated heterocycles. The molecule has 0 atom stereocenters. The van der Waals surface area contributed by atoms with Crippen molar-refractivity contribution in [1.82, 2.24) is 15.2 Å². The van der Waals surface area contributed by atoms with Crippen LogP contribution in [0.2, 0.25) is 5.15 Å². The summed E-state index contributed by atoms with van der Waals surface area (Å²) in [4.78, 5) is 4.12. The maximum Gasteiger partial charge on any atom is 0.186 e. The van der Waals surface area contributed by atoms with Crippen LogP contribution in [0.4, 0.5) is 0 Å². The third-order valence-electron chi connectivity index (χ3n) is 2.55. The Morgan fingerprint density at radius 1 is 1.17 bits per heavy atom. The number of ether oxygens (including phenoxy) is 2. The first-order valence-corrected chi connectivity index (χ1v) is 5.62. The molecule has 0 N–H and O–H groups in total. The zero-order valence-electron chi connectivity index (χ0n) is 10.3. The van der Waals surface area contributed by atoms with E-state index in [1.54, 1.807) is 14.2 Å². The van der Waals surface area contributed by atoms with Crippen molar-refractivity contribution in [2.75, 3.05) is 14.2 Å². The maximum absolute atomic E-state index is 5.81. The van der Waals surface area contributed by atoms with Gasteiger partial charge in [0.05, 0.1) is 26.0 Å². The van der Waals surface area contributed by atoms with Crippen molar-refractivity contribution in [3.05, 3.63) is 29.0 Å². The molecule has 1 aromatic heterocycles. The normalized spacial score (nSPS) is 10.2. The molecule has 2 aromatic rings. The van der Waals surface area contributed by atoms with Crippen LogP contribution in [0.5, 0.6) is 11.5 Å². The molecule has 0 spiro atoms. The van der Waals surface area contributed by atoms with Crippen molar-refractivity contribution in [1.29, 1.82) is 0 Å². The van der Waals surface area contributed by atoms with Crippen LogP contribution in [0.25, 0.3) is 11.4 Å². The van der Waals surface area contributed by atoms with E-state index in [9.17, 15) is 0 Å². The number of aromatic nitrogens is 3. The maximum atomic E-state index is 5.81. The Labute approximate surface area is 110 Å². The van der Waals surface area contributed by atoms with Crippen molar-refractivity contribution in [2.45, 2.75) is 6.92 Å². The molecule has 0 radical (unpaired) electrons. The minimum Gasteiger partial charge on any atom is -0.496 e. The van der Waals surface area contributed by atoms with Crippen LogP contribution in [-0.2, 0) is 0 Å². The van der Waals surface area contributed by atoms with Gasteiger partial charge in [0.15, 0.2) is 11.0 Å². The summed E-state index contributed by atoms with van der Waals surface area (Å²) in [6.07, 6.45) is 1.38. The molecule has 18 heavy (non-hydrogen) atoms. The molecule has 6 heteroatoms. The second kappa shape index (κ2) is 5.18. The van der Waals surface area contributed by atoms with Crippen LogP contribution in [0.3, 0.4) is 0 Å². The van der Waals surface area contributed by atoms with Crippen LogP contribution in [0, 0.1) is 6.92 Å². The molecule has 0 unspecified atom stereocenters. The second-order valence-corrected chi connectivity index (χ2v) is 3.96. The molecular weight excluding hydrogens is 254 g/mol. The van der Waals surface area contributed by atoms with E-state index in [0.717, 1.165) is 16.9 Å². The third-order valence-corrected chi connectivity index (χ3v) is 2.73. The number of rotatable bonds is 3. The fourth-order valence-electron chi connectivity index (χ4n) is 1.73. The smallest absolute Gasteiger partial charge is 0.186 e. The van der Waals surface area contributed by atoms with Gasteiger partial charge in [-0.1, -0.05) is 11.6 Å². The van der Waals surface area contributed by atoms with Crippen molar-refractivity contribution in [3.8, 4) is 22.9 Å². The first-order valence-electron chi connectivity index (χ1n) is 5.24. The summed E-state index contributed by atoms with van der Waals surface area (Å²) in [5.41, 5.74) is 1.60. The molecule has 1 aromatic carbocycles. The summed E-state index contributed by atoms with van der Waals surface area (Å²) in [7, 11) is 3.20. The van der Waals surface area contributed by atoms with E-state index < -0.39 is 0 Å². The highest BCUT2D eigenvalue weighted by molar-refractivity contribution is 6.29. The lowest BCUT2D eigenvalue weighted by Gasteiger charge is -2.13. The quantitative estimate of drug-likeness (QED) is 0.853. The lowest BCUT2D eigenvalue weighted by molar-refractivity contribution is 0.389. The van der Waals surface area contributed by atoms with Gasteiger partial charge in [-0.2, -0.15) is 5.10 Å². The molecule has 0 aliphatic rings. The Hall–Kier alpha value is -1.88. The highest BCUT2D eigenvalue weighted by Gasteiger charge is 2.15. The molecule has 0 saturated carbocycles. The first kappa shape index (κ1) is 12.6. The average molecular weight is 266 g/mol. The Kier molecular flexibility index (Phi) is 3.62. The van der Waals surface area contributed by atoms with Gasteiger partial charge in [-0.15, -0.1) is 5.10 Å². The fourth-order valence-corrected chi connectivity index (χ4v) is 1.86. The standard InChI is InChI=1S/C12H12ClN3O2/c1-7-9(17-2)5-4-8(11(7)18-3)12-15-10(13)6-14-16-12/h4-6H,1-3H3. The number of nitrogens with zero attached hydrogens (tertiary/aromatic N) is 3. The molecule has 0 fully saturated rings. The van der Waals surface area contributed by atoms with Gasteiger partial charge >= 0.3 is 0 Å². The average Bonchev–Trinajstić information content (AvgIpc) is 2.38. The Balaban J connectivity index is 2.61. The van der Waals surface area contributed by atoms with Gasteiger partial charge in [-0.3, -0.25) is 0 Å². The lowest BCUT2D eigenvalue weighted by Crippen LogP contribution is -1.98. The van der Waals surface area contributed by atoms with Gasteiger partial charge in [-0.25, -0.2) is 4.98 Å². The summed E-state index contributed by atoms with van der Waals surface area (Å²) in [5.74, 6) is 1.81. The van der Waals surface area contributed by atoms with Crippen LogP contribution < -0.4 is 9.47 Å². The summed E-state index contributed by atoms with van der Waals surface area (Å²) in [5, 5.41) is 8.01. The monoisotopic (exact) mass is 265 g/mol. The molecule has 2 rings (SSSR count). The molecular formula is C12H12ClN3O2. The van der Waals surface area contributed by atoms with Gasteiger partial charge in [0, 0.05) is 5.56 Å². The molecule has 1 heterocycles. The fraction of sp³-hybridized carbons (Fsp3) is 0.250. The Morgan fingerprint density at radius 2 is 1.94 bits per heavy atom. The van der Waals surface area contributed by atoms with Gasteiger partial charge in [0.25, 0.3) is 0 Å². The molecule has 94 valence electrons. The van der Waals surface area contributed by atoms with Crippen LogP contribution in [0.1, 0.15) is 5.56 Å². The molecule has 0 aliphatic heterocycles. The van der Waals surface area contributed by atoms with E-state index in [1.807, 2.05) is 19.1 Å². The predicted octanol–water partition coefficient (Wildman–Crippen LogP) is 2.52. The minimum absolute atomic E-state index is 0.288. The van der Waals surface area contributed by atoms with Crippen LogP contribution >= 0.6 is 11.6 Å². The molecule has 0 bridgehead atoms. The van der Waals surface area contributed by atoms with Crippen molar-refractivity contribution >= 4 is 11.6 Å². The van der Waals surface area contributed by atoms with E-state index in [0.29, 0.717) is 11.6 Å². The Morgan fingerprint density at radius 3 is 2.56 bits per heavy atom. The zero-order valence-corrected chi connectivity index (χ0v) is 11.0. The van der Waals surface area contributed by atoms with E-state index >= 15 is 0 Å². The van der Waals surface area contributed by atoms with E-state index in [-0.39, 0.29) is 5.15 Å². The SMILES string of the molecule is COc1ccc(-c2nncc(Cl)n2)c(OC)c1C. The third kappa shape index (κ3) is 2.22. The highest BCUT2D eigenvalue weighted by atomic mass is 35.5. The number of hydrogen-bond acceptors (Lipinski definition) is 5. The summed E-state index contributed by atoms with van der Waals surface area (Å²) in [6, 6.07) is 3.65. The number of halogens is 1. The Bertz CT molecular complexity index is 575. The molecule has 0 aliphatic carbocycles. The van der Waals surface area contributed by atoms with Crippen molar-refractivity contribution in [3.63, 3.8) is 0 Å².